The highest BCUT2D eigenvalue weighted by molar-refractivity contribution is 7.71. The molecule has 1 saturated carbocycles. The first-order valence-electron chi connectivity index (χ1n) is 5.49. The summed E-state index contributed by atoms with van der Waals surface area (Å²) in [6, 6.07) is 0. The Morgan fingerprint density at radius 2 is 2.13 bits per heavy atom. The first-order valence-corrected chi connectivity index (χ1v) is 5.90. The summed E-state index contributed by atoms with van der Waals surface area (Å²) in [5, 5.41) is 0. The number of hydrogen-bond donors (Lipinski definition) is 1. The predicted molar refractivity (Wildman–Crippen MR) is 59.7 cm³/mol. The van der Waals surface area contributed by atoms with Crippen molar-refractivity contribution in [1.29, 1.82) is 0 Å². The Hall–Kier alpha value is -0.770. The maximum absolute atomic E-state index is 13.6. The number of H-pyrrole nitrogens is 1. The molecule has 0 saturated heterocycles. The number of aromatic nitrogens is 2. The molecule has 82 valence electrons. The summed E-state index contributed by atoms with van der Waals surface area (Å²) in [6.07, 6.45) is 8.56. The molecule has 1 aromatic heterocycles. The number of halogens is 1. The van der Waals surface area contributed by atoms with Crippen LogP contribution in [-0.4, -0.2) is 9.97 Å². The molecular formula is C11H15FN2S. The molecule has 0 aliphatic heterocycles. The van der Waals surface area contributed by atoms with Gasteiger partial charge in [-0.15, -0.1) is 0 Å². The highest BCUT2D eigenvalue weighted by Crippen LogP contribution is 2.26. The van der Waals surface area contributed by atoms with Crippen molar-refractivity contribution in [2.75, 3.05) is 0 Å². The standard InChI is InChI=1S/C11H15FN2S/c12-10-9(13-7-14-11(10)15)6-8-4-2-1-3-5-8/h7-8H,1-6H2,(H,13,14,15). The second-order valence-corrected chi connectivity index (χ2v) is 4.60. The van der Waals surface area contributed by atoms with Gasteiger partial charge in [-0.1, -0.05) is 44.3 Å². The quantitative estimate of drug-likeness (QED) is 0.783. The molecule has 0 radical (unpaired) electrons. The minimum Gasteiger partial charge on any atom is -0.347 e. The number of nitrogens with one attached hydrogen (secondary N) is 1. The Labute approximate surface area is 93.9 Å². The Morgan fingerprint density at radius 3 is 2.87 bits per heavy atom. The van der Waals surface area contributed by atoms with E-state index in [0.717, 1.165) is 6.42 Å². The lowest BCUT2D eigenvalue weighted by atomic mass is 9.86. The van der Waals surface area contributed by atoms with Gasteiger partial charge in [0.1, 0.15) is 0 Å². The van der Waals surface area contributed by atoms with Crippen LogP contribution in [0.15, 0.2) is 6.33 Å². The van der Waals surface area contributed by atoms with Crippen molar-refractivity contribution >= 4 is 12.2 Å². The van der Waals surface area contributed by atoms with E-state index in [1.54, 1.807) is 0 Å². The van der Waals surface area contributed by atoms with Crippen LogP contribution >= 0.6 is 12.2 Å². The molecular weight excluding hydrogens is 211 g/mol. The lowest BCUT2D eigenvalue weighted by Crippen LogP contribution is -2.11. The van der Waals surface area contributed by atoms with Gasteiger partial charge >= 0.3 is 0 Å². The summed E-state index contributed by atoms with van der Waals surface area (Å²) < 4.78 is 13.6. The Bertz CT molecular complexity index is 382. The summed E-state index contributed by atoms with van der Waals surface area (Å²) in [5.74, 6) is 0.277. The Balaban J connectivity index is 2.09. The van der Waals surface area contributed by atoms with E-state index >= 15 is 0 Å². The van der Waals surface area contributed by atoms with Crippen molar-refractivity contribution in [2.24, 2.45) is 5.92 Å². The van der Waals surface area contributed by atoms with E-state index in [2.05, 4.69) is 9.97 Å². The third-order valence-corrected chi connectivity index (χ3v) is 3.38. The van der Waals surface area contributed by atoms with Gasteiger partial charge in [0.15, 0.2) is 10.5 Å². The number of rotatable bonds is 2. The summed E-state index contributed by atoms with van der Waals surface area (Å²) in [5.41, 5.74) is 0.627. The van der Waals surface area contributed by atoms with E-state index in [-0.39, 0.29) is 10.5 Å². The smallest absolute Gasteiger partial charge is 0.179 e. The van der Waals surface area contributed by atoms with Crippen LogP contribution in [0.2, 0.25) is 0 Å². The Morgan fingerprint density at radius 1 is 1.40 bits per heavy atom. The minimum absolute atomic E-state index is 0.0829. The summed E-state index contributed by atoms with van der Waals surface area (Å²) >= 11 is 4.80. The number of nitrogens with zero attached hydrogens (tertiary/aromatic N) is 1. The van der Waals surface area contributed by atoms with Crippen molar-refractivity contribution < 1.29 is 4.39 Å². The van der Waals surface area contributed by atoms with Crippen molar-refractivity contribution in [2.45, 2.75) is 38.5 Å². The highest BCUT2D eigenvalue weighted by Gasteiger charge is 2.16. The van der Waals surface area contributed by atoms with Crippen LogP contribution in [0.25, 0.3) is 0 Å². The first kappa shape index (κ1) is 10.7. The van der Waals surface area contributed by atoms with Crippen molar-refractivity contribution in [1.82, 2.24) is 9.97 Å². The van der Waals surface area contributed by atoms with Crippen LogP contribution in [0.5, 0.6) is 0 Å². The molecule has 1 heterocycles. The highest BCUT2D eigenvalue weighted by atomic mass is 32.1. The summed E-state index contributed by atoms with van der Waals surface area (Å²) in [7, 11) is 0. The van der Waals surface area contributed by atoms with Crippen molar-refractivity contribution in [3.63, 3.8) is 0 Å². The first-order chi connectivity index (χ1) is 7.27. The SMILES string of the molecule is Fc1c(CC2CCCCC2)[nH]cnc1=S. The zero-order valence-corrected chi connectivity index (χ0v) is 9.45. The molecule has 1 N–H and O–H groups in total. The molecule has 0 unspecified atom stereocenters. The second-order valence-electron chi connectivity index (χ2n) is 4.21. The normalized spacial score (nSPS) is 17.9. The fraction of sp³-hybridized carbons (Fsp3) is 0.636. The maximum atomic E-state index is 13.6. The van der Waals surface area contributed by atoms with Crippen LogP contribution in [0.4, 0.5) is 4.39 Å². The van der Waals surface area contributed by atoms with Gasteiger partial charge in [0, 0.05) is 0 Å². The van der Waals surface area contributed by atoms with Crippen LogP contribution < -0.4 is 0 Å². The molecule has 2 rings (SSSR count). The fourth-order valence-electron chi connectivity index (χ4n) is 2.25. The minimum atomic E-state index is -0.335. The molecule has 15 heavy (non-hydrogen) atoms. The van der Waals surface area contributed by atoms with Gasteiger partial charge in [-0.05, 0) is 12.3 Å². The molecule has 0 spiro atoms. The van der Waals surface area contributed by atoms with E-state index < -0.39 is 0 Å². The topological polar surface area (TPSA) is 28.7 Å². The van der Waals surface area contributed by atoms with Crippen molar-refractivity contribution in [3.8, 4) is 0 Å². The van der Waals surface area contributed by atoms with Crippen LogP contribution in [0, 0.1) is 16.4 Å². The van der Waals surface area contributed by atoms with E-state index in [9.17, 15) is 4.39 Å². The lowest BCUT2D eigenvalue weighted by molar-refractivity contribution is 0.349. The molecule has 0 atom stereocenters. The molecule has 4 heteroatoms. The Kier molecular flexibility index (Phi) is 3.46. The van der Waals surface area contributed by atoms with Gasteiger partial charge < -0.3 is 4.98 Å². The molecule has 1 aliphatic rings. The van der Waals surface area contributed by atoms with Crippen LogP contribution in [0.1, 0.15) is 37.8 Å². The average molecular weight is 226 g/mol. The lowest BCUT2D eigenvalue weighted by Gasteiger charge is -2.21. The van der Waals surface area contributed by atoms with Gasteiger partial charge in [-0.2, -0.15) is 0 Å². The predicted octanol–water partition coefficient (Wildman–Crippen LogP) is 3.40. The zero-order valence-electron chi connectivity index (χ0n) is 8.63. The van der Waals surface area contributed by atoms with Crippen LogP contribution in [0.3, 0.4) is 0 Å². The van der Waals surface area contributed by atoms with Gasteiger partial charge in [-0.3, -0.25) is 0 Å². The molecule has 1 fully saturated rings. The van der Waals surface area contributed by atoms with Gasteiger partial charge in [0.25, 0.3) is 0 Å². The number of aromatic amines is 1. The second kappa shape index (κ2) is 4.84. The fourth-order valence-corrected chi connectivity index (χ4v) is 2.42. The molecule has 2 nitrogen and oxygen atoms in total. The molecule has 1 aliphatic carbocycles. The zero-order chi connectivity index (χ0) is 10.7. The van der Waals surface area contributed by atoms with Gasteiger partial charge in [0.2, 0.25) is 0 Å². The molecule has 0 bridgehead atoms. The van der Waals surface area contributed by atoms with E-state index in [1.165, 1.54) is 38.4 Å². The van der Waals surface area contributed by atoms with E-state index in [1.807, 2.05) is 0 Å². The summed E-state index contributed by atoms with van der Waals surface area (Å²) in [6.45, 7) is 0. The van der Waals surface area contributed by atoms with E-state index in [4.69, 9.17) is 12.2 Å². The van der Waals surface area contributed by atoms with E-state index in [0.29, 0.717) is 11.6 Å². The molecule has 1 aromatic rings. The van der Waals surface area contributed by atoms with Crippen molar-refractivity contribution in [3.05, 3.63) is 22.5 Å². The molecule has 0 aromatic carbocycles. The average Bonchev–Trinajstić information content (AvgIpc) is 2.26. The van der Waals surface area contributed by atoms with Crippen LogP contribution in [-0.2, 0) is 6.42 Å². The summed E-state index contributed by atoms with van der Waals surface area (Å²) in [4.78, 5) is 6.59. The number of hydrogen-bond acceptors (Lipinski definition) is 2. The monoisotopic (exact) mass is 226 g/mol. The molecule has 0 amide bonds. The third-order valence-electron chi connectivity index (χ3n) is 3.09. The maximum Gasteiger partial charge on any atom is 0.179 e. The largest absolute Gasteiger partial charge is 0.347 e. The van der Waals surface area contributed by atoms with Gasteiger partial charge in [-0.25, -0.2) is 9.37 Å². The van der Waals surface area contributed by atoms with Gasteiger partial charge in [0.05, 0.1) is 12.0 Å². The third kappa shape index (κ3) is 2.62.